The minimum absolute atomic E-state index is 0.0684. The van der Waals surface area contributed by atoms with E-state index in [0.717, 1.165) is 37.8 Å². The van der Waals surface area contributed by atoms with E-state index in [1.165, 1.54) is 6.42 Å². The average Bonchev–Trinajstić information content (AvgIpc) is 2.82. The molecule has 5 heteroatoms. The van der Waals surface area contributed by atoms with Crippen molar-refractivity contribution in [3.63, 3.8) is 0 Å². The highest BCUT2D eigenvalue weighted by atomic mass is 16.1. The smallest absolute Gasteiger partial charge is 0.221 e. The van der Waals surface area contributed by atoms with Gasteiger partial charge in [0.2, 0.25) is 5.91 Å². The number of imidazole rings is 1. The van der Waals surface area contributed by atoms with Crippen molar-refractivity contribution in [2.45, 2.75) is 50.5 Å². The first-order valence-corrected chi connectivity index (χ1v) is 6.71. The van der Waals surface area contributed by atoms with Crippen LogP contribution in [0.4, 0.5) is 0 Å². The molecular formula is C13H22N4O. The Kier molecular flexibility index (Phi) is 4.36. The third-order valence-electron chi connectivity index (χ3n) is 3.63. The van der Waals surface area contributed by atoms with Gasteiger partial charge >= 0.3 is 0 Å². The number of hydrogen-bond donors (Lipinski definition) is 3. The summed E-state index contributed by atoms with van der Waals surface area (Å²) in [5.74, 6) is 0.0684. The Bertz CT molecular complexity index is 368. The molecule has 1 heterocycles. The molecule has 1 fully saturated rings. The number of nitrogens with zero attached hydrogens (tertiary/aromatic N) is 1. The van der Waals surface area contributed by atoms with Crippen molar-refractivity contribution in [1.82, 2.24) is 15.3 Å². The Morgan fingerprint density at radius 1 is 1.44 bits per heavy atom. The Hall–Kier alpha value is -1.36. The normalized spacial score (nSPS) is 18.5. The van der Waals surface area contributed by atoms with Crippen LogP contribution in [0, 0.1) is 0 Å². The van der Waals surface area contributed by atoms with Gasteiger partial charge in [0.15, 0.2) is 0 Å². The summed E-state index contributed by atoms with van der Waals surface area (Å²) in [6.07, 6.45) is 10.2. The molecule has 1 aliphatic carbocycles. The molecule has 100 valence electrons. The van der Waals surface area contributed by atoms with Crippen LogP contribution in [0.15, 0.2) is 12.5 Å². The second-order valence-electron chi connectivity index (χ2n) is 5.28. The Morgan fingerprint density at radius 2 is 2.22 bits per heavy atom. The molecule has 0 spiro atoms. The molecule has 1 aromatic heterocycles. The summed E-state index contributed by atoms with van der Waals surface area (Å²) in [5, 5.41) is 2.93. The zero-order valence-electron chi connectivity index (χ0n) is 10.7. The number of amides is 1. The van der Waals surface area contributed by atoms with Crippen LogP contribution in [0.25, 0.3) is 0 Å². The summed E-state index contributed by atoms with van der Waals surface area (Å²) in [6, 6.07) is 0. The lowest BCUT2D eigenvalue weighted by Crippen LogP contribution is -2.46. The van der Waals surface area contributed by atoms with E-state index >= 15 is 0 Å². The molecule has 1 saturated carbocycles. The number of rotatable bonds is 5. The molecule has 1 aromatic rings. The van der Waals surface area contributed by atoms with Crippen LogP contribution in [0.1, 0.15) is 44.2 Å². The molecule has 0 unspecified atom stereocenters. The molecule has 0 aliphatic heterocycles. The highest BCUT2D eigenvalue weighted by molar-refractivity contribution is 5.77. The number of nitrogens with two attached hydrogens (primary N) is 1. The van der Waals surface area contributed by atoms with E-state index in [4.69, 9.17) is 5.73 Å². The summed E-state index contributed by atoms with van der Waals surface area (Å²) in [7, 11) is 0. The number of carbonyl (C=O) groups is 1. The molecule has 1 aliphatic rings. The fourth-order valence-electron chi connectivity index (χ4n) is 2.57. The molecule has 5 nitrogen and oxygen atoms in total. The van der Waals surface area contributed by atoms with Gasteiger partial charge in [-0.25, -0.2) is 4.98 Å². The number of aromatic nitrogens is 2. The minimum atomic E-state index is -0.268. The molecule has 4 N–H and O–H groups in total. The van der Waals surface area contributed by atoms with Gasteiger partial charge in [0, 0.05) is 36.8 Å². The lowest BCUT2D eigenvalue weighted by atomic mass is 9.80. The topological polar surface area (TPSA) is 83.8 Å². The molecule has 0 saturated heterocycles. The predicted molar refractivity (Wildman–Crippen MR) is 69.9 cm³/mol. The van der Waals surface area contributed by atoms with E-state index in [1.807, 2.05) is 0 Å². The van der Waals surface area contributed by atoms with Crippen molar-refractivity contribution < 1.29 is 4.79 Å². The van der Waals surface area contributed by atoms with Gasteiger partial charge in [0.25, 0.3) is 0 Å². The fraction of sp³-hybridized carbons (Fsp3) is 0.692. The molecule has 1 amide bonds. The van der Waals surface area contributed by atoms with Crippen LogP contribution in [-0.2, 0) is 11.2 Å². The molecular weight excluding hydrogens is 228 g/mol. The van der Waals surface area contributed by atoms with Crippen LogP contribution in [0.2, 0.25) is 0 Å². The van der Waals surface area contributed by atoms with E-state index in [9.17, 15) is 4.79 Å². The number of hydrogen-bond acceptors (Lipinski definition) is 3. The van der Waals surface area contributed by atoms with Crippen molar-refractivity contribution in [1.29, 1.82) is 0 Å². The maximum Gasteiger partial charge on any atom is 0.221 e. The van der Waals surface area contributed by atoms with Gasteiger partial charge in [0.05, 0.1) is 6.33 Å². The van der Waals surface area contributed by atoms with Crippen LogP contribution < -0.4 is 11.1 Å². The van der Waals surface area contributed by atoms with Crippen molar-refractivity contribution in [2.24, 2.45) is 5.73 Å². The van der Waals surface area contributed by atoms with Gasteiger partial charge in [-0.3, -0.25) is 4.79 Å². The lowest BCUT2D eigenvalue weighted by Gasteiger charge is -2.32. The molecule has 0 atom stereocenters. The van der Waals surface area contributed by atoms with E-state index in [1.54, 1.807) is 12.5 Å². The fourth-order valence-corrected chi connectivity index (χ4v) is 2.57. The zero-order valence-corrected chi connectivity index (χ0v) is 10.7. The van der Waals surface area contributed by atoms with E-state index < -0.39 is 0 Å². The van der Waals surface area contributed by atoms with Crippen LogP contribution in [-0.4, -0.2) is 28.0 Å². The first-order valence-electron chi connectivity index (χ1n) is 6.71. The number of carbonyl (C=O) groups excluding carboxylic acids is 1. The van der Waals surface area contributed by atoms with Gasteiger partial charge in [-0.15, -0.1) is 0 Å². The molecule has 0 aromatic carbocycles. The SMILES string of the molecule is NC1(CC(=O)NCCc2cnc[nH]2)CCCCC1. The van der Waals surface area contributed by atoms with Gasteiger partial charge in [0.1, 0.15) is 0 Å². The van der Waals surface area contributed by atoms with Crippen LogP contribution >= 0.6 is 0 Å². The van der Waals surface area contributed by atoms with E-state index in [-0.39, 0.29) is 11.4 Å². The average molecular weight is 250 g/mol. The van der Waals surface area contributed by atoms with Crippen molar-refractivity contribution in [3.05, 3.63) is 18.2 Å². The summed E-state index contributed by atoms with van der Waals surface area (Å²) >= 11 is 0. The Morgan fingerprint density at radius 3 is 2.89 bits per heavy atom. The first-order chi connectivity index (χ1) is 8.68. The summed E-state index contributed by atoms with van der Waals surface area (Å²) in [6.45, 7) is 0.636. The predicted octanol–water partition coefficient (Wildman–Crippen LogP) is 1.12. The Balaban J connectivity index is 1.68. The summed E-state index contributed by atoms with van der Waals surface area (Å²) < 4.78 is 0. The number of nitrogens with one attached hydrogen (secondary N) is 2. The van der Waals surface area contributed by atoms with Gasteiger partial charge in [-0.1, -0.05) is 19.3 Å². The molecule has 18 heavy (non-hydrogen) atoms. The minimum Gasteiger partial charge on any atom is -0.356 e. The highest BCUT2D eigenvalue weighted by Gasteiger charge is 2.29. The van der Waals surface area contributed by atoms with Gasteiger partial charge in [-0.05, 0) is 12.8 Å². The van der Waals surface area contributed by atoms with Crippen molar-refractivity contribution in [3.8, 4) is 0 Å². The monoisotopic (exact) mass is 250 g/mol. The van der Waals surface area contributed by atoms with Crippen molar-refractivity contribution >= 4 is 5.91 Å². The summed E-state index contributed by atoms with van der Waals surface area (Å²) in [5.41, 5.74) is 7.02. The zero-order chi connectivity index (χ0) is 12.8. The maximum absolute atomic E-state index is 11.8. The van der Waals surface area contributed by atoms with E-state index in [2.05, 4.69) is 15.3 Å². The first kappa shape index (κ1) is 13.1. The van der Waals surface area contributed by atoms with Crippen LogP contribution in [0.5, 0.6) is 0 Å². The number of H-pyrrole nitrogens is 1. The lowest BCUT2D eigenvalue weighted by molar-refractivity contribution is -0.122. The largest absolute Gasteiger partial charge is 0.356 e. The standard InChI is InChI=1S/C13H22N4O/c14-13(5-2-1-3-6-13)8-12(18)16-7-4-11-9-15-10-17-11/h9-10H,1-8,14H2,(H,15,17)(H,16,18). The summed E-state index contributed by atoms with van der Waals surface area (Å²) in [4.78, 5) is 18.8. The maximum atomic E-state index is 11.8. The van der Waals surface area contributed by atoms with Crippen molar-refractivity contribution in [2.75, 3.05) is 6.54 Å². The quantitative estimate of drug-likeness (QED) is 0.732. The van der Waals surface area contributed by atoms with Gasteiger partial charge in [-0.2, -0.15) is 0 Å². The third-order valence-corrected chi connectivity index (χ3v) is 3.63. The van der Waals surface area contributed by atoms with Gasteiger partial charge < -0.3 is 16.0 Å². The Labute approximate surface area is 108 Å². The second kappa shape index (κ2) is 6.00. The third kappa shape index (κ3) is 3.84. The van der Waals surface area contributed by atoms with E-state index in [0.29, 0.717) is 13.0 Å². The number of aromatic amines is 1. The second-order valence-corrected chi connectivity index (χ2v) is 5.28. The highest BCUT2D eigenvalue weighted by Crippen LogP contribution is 2.28. The molecule has 2 rings (SSSR count). The molecule has 0 radical (unpaired) electrons. The van der Waals surface area contributed by atoms with Crippen LogP contribution in [0.3, 0.4) is 0 Å². The molecule has 0 bridgehead atoms.